The van der Waals surface area contributed by atoms with Gasteiger partial charge in [-0.25, -0.2) is 4.79 Å². The molecule has 2 aromatic carbocycles. The van der Waals surface area contributed by atoms with Gasteiger partial charge in [-0.15, -0.1) is 11.8 Å². The topological polar surface area (TPSA) is 186 Å². The number of para-hydroxylation sites is 1. The first kappa shape index (κ1) is 37.3. The van der Waals surface area contributed by atoms with E-state index in [-0.39, 0.29) is 25.2 Å². The zero-order chi connectivity index (χ0) is 34.8. The fourth-order valence-corrected chi connectivity index (χ4v) is 6.39. The minimum atomic E-state index is -1.76. The number of rotatable bonds is 20. The van der Waals surface area contributed by atoms with Crippen LogP contribution >= 0.6 is 23.4 Å². The van der Waals surface area contributed by atoms with Crippen molar-refractivity contribution in [2.75, 3.05) is 38.7 Å². The summed E-state index contributed by atoms with van der Waals surface area (Å²) >= 11 is 8.27. The maximum absolute atomic E-state index is 11.9. The number of aliphatic hydroxyl groups excluding tert-OH is 5. The third kappa shape index (κ3) is 10.5. The van der Waals surface area contributed by atoms with Crippen molar-refractivity contribution >= 4 is 29.4 Å². The second-order valence-electron chi connectivity index (χ2n) is 12.3. The number of halogens is 1. The van der Waals surface area contributed by atoms with Gasteiger partial charge < -0.3 is 51.0 Å². The SMILES string of the molecule is O=C(NCCOCCSc1ccc(Cl)c(CNC2(c3cnccc3-c3ccccc3OC3CC3)CC2)c1)NC[C@H](O)[C@@H](O)[C@H](O)[C@H](O)CO. The van der Waals surface area contributed by atoms with Gasteiger partial charge in [0, 0.05) is 58.8 Å². The molecule has 2 aliphatic rings. The second-order valence-corrected chi connectivity index (χ2v) is 13.9. The molecule has 3 aromatic rings. The molecule has 14 heteroatoms. The van der Waals surface area contributed by atoms with Crippen molar-refractivity contribution in [2.24, 2.45) is 0 Å². The Morgan fingerprint density at radius 2 is 1.78 bits per heavy atom. The van der Waals surface area contributed by atoms with E-state index in [1.165, 1.54) is 5.56 Å². The number of urea groups is 1. The molecule has 49 heavy (non-hydrogen) atoms. The molecule has 2 fully saturated rings. The van der Waals surface area contributed by atoms with Gasteiger partial charge in [0.15, 0.2) is 0 Å². The summed E-state index contributed by atoms with van der Waals surface area (Å²) in [6.07, 6.45) is 1.67. The fourth-order valence-electron chi connectivity index (χ4n) is 5.38. The largest absolute Gasteiger partial charge is 0.490 e. The number of hydrogen-bond donors (Lipinski definition) is 8. The van der Waals surface area contributed by atoms with Gasteiger partial charge >= 0.3 is 6.03 Å². The van der Waals surface area contributed by atoms with Gasteiger partial charge in [0.05, 0.1) is 32.0 Å². The molecular weight excluding hydrogens is 672 g/mol. The average Bonchev–Trinajstić information content (AvgIpc) is 4.07. The predicted octanol–water partition coefficient (Wildman–Crippen LogP) is 2.57. The van der Waals surface area contributed by atoms with E-state index < -0.39 is 37.1 Å². The zero-order valence-corrected chi connectivity index (χ0v) is 28.7. The van der Waals surface area contributed by atoms with E-state index in [1.54, 1.807) is 11.8 Å². The lowest BCUT2D eigenvalue weighted by molar-refractivity contribution is -0.113. The van der Waals surface area contributed by atoms with Crippen LogP contribution < -0.4 is 20.7 Å². The first-order chi connectivity index (χ1) is 23.7. The minimum absolute atomic E-state index is 0.186. The van der Waals surface area contributed by atoms with Crippen LogP contribution in [0.5, 0.6) is 5.75 Å². The molecule has 0 aliphatic heterocycles. The Labute approximate surface area is 295 Å². The summed E-state index contributed by atoms with van der Waals surface area (Å²) in [5.41, 5.74) is 4.21. The van der Waals surface area contributed by atoms with Crippen molar-refractivity contribution in [1.82, 2.24) is 20.9 Å². The summed E-state index contributed by atoms with van der Waals surface area (Å²) in [6.45, 7) is 0.404. The molecule has 0 radical (unpaired) electrons. The van der Waals surface area contributed by atoms with Crippen molar-refractivity contribution in [3.63, 3.8) is 0 Å². The van der Waals surface area contributed by atoms with Crippen molar-refractivity contribution in [1.29, 1.82) is 0 Å². The summed E-state index contributed by atoms with van der Waals surface area (Å²) < 4.78 is 11.9. The molecule has 266 valence electrons. The quantitative estimate of drug-likeness (QED) is 0.0635. The van der Waals surface area contributed by atoms with Crippen LogP contribution in [0.15, 0.2) is 65.8 Å². The number of nitrogens with zero attached hydrogens (tertiary/aromatic N) is 1. The second kappa shape index (κ2) is 17.8. The number of amides is 2. The molecule has 2 saturated carbocycles. The third-order valence-corrected chi connectivity index (χ3v) is 9.87. The summed E-state index contributed by atoms with van der Waals surface area (Å²) in [7, 11) is 0. The van der Waals surface area contributed by atoms with Crippen molar-refractivity contribution in [3.8, 4) is 16.9 Å². The van der Waals surface area contributed by atoms with Gasteiger partial charge in [-0.1, -0.05) is 29.8 Å². The zero-order valence-electron chi connectivity index (χ0n) is 27.1. The van der Waals surface area contributed by atoms with E-state index in [0.29, 0.717) is 30.0 Å². The molecule has 4 atom stereocenters. The molecule has 0 saturated heterocycles. The standard InChI is InChI=1S/C35H45ClN4O8S/c36-28-8-7-24(49-16-15-47-14-13-38-34(46)39-20-29(42)32(44)33(45)30(43)21-41)17-22(28)18-40-35(10-11-35)27-19-37-12-9-25(27)26-3-1-2-4-31(26)48-23-5-6-23/h1-4,7-9,12,17,19,23,29-30,32-33,40-45H,5-6,10-11,13-16,18,20-21H2,(H2,38,39,46)/t29-,30+,32+,33+/m0/s1. The Balaban J connectivity index is 1.04. The first-order valence-corrected chi connectivity index (χ1v) is 17.9. The molecule has 1 aromatic heterocycles. The highest BCUT2D eigenvalue weighted by Gasteiger charge is 2.46. The Morgan fingerprint density at radius 1 is 1.00 bits per heavy atom. The van der Waals surface area contributed by atoms with Gasteiger partial charge in [0.1, 0.15) is 24.1 Å². The number of thioether (sulfide) groups is 1. The van der Waals surface area contributed by atoms with Gasteiger partial charge in [-0.2, -0.15) is 0 Å². The van der Waals surface area contributed by atoms with E-state index in [0.717, 1.165) is 53.0 Å². The molecule has 2 amide bonds. The normalized spacial score (nSPS) is 17.5. The van der Waals surface area contributed by atoms with Gasteiger partial charge in [0.2, 0.25) is 0 Å². The maximum atomic E-state index is 11.9. The van der Waals surface area contributed by atoms with Crippen LogP contribution in [0.2, 0.25) is 5.02 Å². The van der Waals surface area contributed by atoms with Gasteiger partial charge in [-0.05, 0) is 72.7 Å². The van der Waals surface area contributed by atoms with Crippen LogP contribution in [0.25, 0.3) is 11.1 Å². The molecule has 12 nitrogen and oxygen atoms in total. The van der Waals surface area contributed by atoms with Crippen molar-refractivity contribution in [2.45, 2.75) is 73.2 Å². The molecule has 1 heterocycles. The smallest absolute Gasteiger partial charge is 0.314 e. The van der Waals surface area contributed by atoms with Crippen molar-refractivity contribution < 1.29 is 39.8 Å². The minimum Gasteiger partial charge on any atom is -0.490 e. The first-order valence-electron chi connectivity index (χ1n) is 16.5. The molecule has 0 bridgehead atoms. The lowest BCUT2D eigenvalue weighted by atomic mass is 9.94. The highest BCUT2D eigenvalue weighted by atomic mass is 35.5. The van der Waals surface area contributed by atoms with Crippen LogP contribution in [0.4, 0.5) is 4.79 Å². The number of hydrogen-bond acceptors (Lipinski definition) is 11. The van der Waals surface area contributed by atoms with Crippen LogP contribution in [-0.2, 0) is 16.8 Å². The van der Waals surface area contributed by atoms with Crippen LogP contribution in [0.1, 0.15) is 36.8 Å². The van der Waals surface area contributed by atoms with E-state index in [2.05, 4.69) is 39.1 Å². The number of aliphatic hydroxyl groups is 5. The number of pyridine rings is 1. The Hall–Kier alpha value is -2.98. The molecule has 0 unspecified atom stereocenters. The van der Waals surface area contributed by atoms with Crippen LogP contribution in [0.3, 0.4) is 0 Å². The van der Waals surface area contributed by atoms with E-state index >= 15 is 0 Å². The number of benzene rings is 2. The average molecular weight is 717 g/mol. The monoisotopic (exact) mass is 716 g/mol. The van der Waals surface area contributed by atoms with E-state index in [4.69, 9.17) is 26.2 Å². The van der Waals surface area contributed by atoms with E-state index in [9.17, 15) is 25.2 Å². The number of aromatic nitrogens is 1. The highest BCUT2D eigenvalue weighted by Crippen LogP contribution is 2.50. The number of nitrogens with one attached hydrogen (secondary N) is 3. The summed E-state index contributed by atoms with van der Waals surface area (Å²) in [6, 6.07) is 15.7. The molecule has 2 aliphatic carbocycles. The molecule has 0 spiro atoms. The van der Waals surface area contributed by atoms with Crippen LogP contribution in [-0.4, -0.2) is 106 Å². The number of ether oxygens (including phenoxy) is 2. The van der Waals surface area contributed by atoms with E-state index in [1.807, 2.05) is 42.7 Å². The molecule has 8 N–H and O–H groups in total. The highest BCUT2D eigenvalue weighted by molar-refractivity contribution is 7.99. The lowest BCUT2D eigenvalue weighted by Gasteiger charge is -2.25. The summed E-state index contributed by atoms with van der Waals surface area (Å²) in [5, 5.41) is 57.0. The molecule has 5 rings (SSSR count). The Morgan fingerprint density at radius 3 is 2.53 bits per heavy atom. The Bertz CT molecular complexity index is 1530. The lowest BCUT2D eigenvalue weighted by Crippen LogP contribution is -2.50. The third-order valence-electron chi connectivity index (χ3n) is 8.54. The summed E-state index contributed by atoms with van der Waals surface area (Å²) in [5.74, 6) is 1.61. The van der Waals surface area contributed by atoms with Gasteiger partial charge in [-0.3, -0.25) is 4.98 Å². The maximum Gasteiger partial charge on any atom is 0.314 e. The number of carbonyl (C=O) groups excluding carboxylic acids is 1. The predicted molar refractivity (Wildman–Crippen MR) is 187 cm³/mol. The van der Waals surface area contributed by atoms with Crippen LogP contribution in [0, 0.1) is 0 Å². The number of carbonyl (C=O) groups is 1. The molecular formula is C35H45ClN4O8S. The Kier molecular flexibility index (Phi) is 13.5. The summed E-state index contributed by atoms with van der Waals surface area (Å²) in [4.78, 5) is 17.5. The van der Waals surface area contributed by atoms with Gasteiger partial charge in [0.25, 0.3) is 0 Å². The van der Waals surface area contributed by atoms with Crippen molar-refractivity contribution in [3.05, 3.63) is 77.1 Å². The fraction of sp³-hybridized carbons (Fsp3) is 0.486.